The summed E-state index contributed by atoms with van der Waals surface area (Å²) in [6.07, 6.45) is -5.53. The van der Waals surface area contributed by atoms with Gasteiger partial charge in [0.1, 0.15) is 24.4 Å². The fourth-order valence-electron chi connectivity index (χ4n) is 5.54. The molecule has 8 heteroatoms. The molecule has 0 unspecified atom stereocenters. The summed E-state index contributed by atoms with van der Waals surface area (Å²) < 4.78 is 11.8. The Morgan fingerprint density at radius 2 is 1.79 bits per heavy atom. The minimum absolute atomic E-state index is 0.274. The van der Waals surface area contributed by atoms with Crippen molar-refractivity contribution in [2.24, 2.45) is 17.3 Å². The smallest absolute Gasteiger partial charge is 0.187 e. The Hall–Kier alpha value is -0.580. The Morgan fingerprint density at radius 3 is 2.38 bits per heavy atom. The van der Waals surface area contributed by atoms with E-state index in [-0.39, 0.29) is 11.8 Å². The summed E-state index contributed by atoms with van der Waals surface area (Å²) >= 11 is 0. The Balaban J connectivity index is 1.94. The number of aliphatic hydroxyl groups is 6. The van der Waals surface area contributed by atoms with E-state index in [4.69, 9.17) is 9.47 Å². The highest BCUT2D eigenvalue weighted by Gasteiger charge is 2.57. The van der Waals surface area contributed by atoms with Crippen LogP contribution in [0, 0.1) is 17.3 Å². The summed E-state index contributed by atoms with van der Waals surface area (Å²) in [6, 6.07) is 0. The summed E-state index contributed by atoms with van der Waals surface area (Å²) in [4.78, 5) is 0. The molecule has 2 saturated carbocycles. The van der Waals surface area contributed by atoms with Crippen molar-refractivity contribution in [3.63, 3.8) is 0 Å². The topological polar surface area (TPSA) is 140 Å². The molecule has 1 aliphatic heterocycles. The van der Waals surface area contributed by atoms with E-state index in [1.54, 1.807) is 13.8 Å². The van der Waals surface area contributed by atoms with Crippen molar-refractivity contribution in [1.82, 2.24) is 0 Å². The minimum atomic E-state index is -1.54. The van der Waals surface area contributed by atoms with Gasteiger partial charge in [-0.3, -0.25) is 0 Å². The number of aliphatic hydroxyl groups excluding tert-OH is 5. The van der Waals surface area contributed by atoms with Gasteiger partial charge in [0.05, 0.1) is 24.4 Å². The van der Waals surface area contributed by atoms with Gasteiger partial charge in [-0.05, 0) is 39.5 Å². The van der Waals surface area contributed by atoms with Gasteiger partial charge in [-0.2, -0.15) is 0 Å². The van der Waals surface area contributed by atoms with Gasteiger partial charge in [-0.15, -0.1) is 0 Å². The molecule has 0 amide bonds. The molecule has 0 aromatic rings. The van der Waals surface area contributed by atoms with Crippen LogP contribution in [-0.2, 0) is 9.47 Å². The first-order valence-electron chi connectivity index (χ1n) is 10.5. The molecule has 0 spiro atoms. The predicted molar refractivity (Wildman–Crippen MR) is 104 cm³/mol. The monoisotopic (exact) mass is 416 g/mol. The Bertz CT molecular complexity index is 602. The lowest BCUT2D eigenvalue weighted by Crippen LogP contribution is -2.63. The van der Waals surface area contributed by atoms with Crippen LogP contribution >= 0.6 is 0 Å². The van der Waals surface area contributed by atoms with Gasteiger partial charge < -0.3 is 40.1 Å². The van der Waals surface area contributed by atoms with E-state index < -0.39 is 60.5 Å². The van der Waals surface area contributed by atoms with Crippen molar-refractivity contribution >= 4 is 0 Å². The van der Waals surface area contributed by atoms with Crippen LogP contribution < -0.4 is 0 Å². The molecule has 1 saturated heterocycles. The quantitative estimate of drug-likeness (QED) is 0.343. The van der Waals surface area contributed by atoms with E-state index in [9.17, 15) is 30.6 Å². The molecular formula is C21H36O8. The zero-order valence-corrected chi connectivity index (χ0v) is 17.4. The van der Waals surface area contributed by atoms with Crippen molar-refractivity contribution < 1.29 is 40.1 Å². The summed E-state index contributed by atoms with van der Waals surface area (Å²) in [5.74, 6) is -0.598. The second kappa shape index (κ2) is 8.16. The lowest BCUT2D eigenvalue weighted by atomic mass is 9.53. The van der Waals surface area contributed by atoms with Crippen molar-refractivity contribution in [2.45, 2.75) is 95.0 Å². The van der Waals surface area contributed by atoms with E-state index in [0.29, 0.717) is 25.7 Å². The van der Waals surface area contributed by atoms with Crippen molar-refractivity contribution in [3.05, 3.63) is 12.2 Å². The molecule has 6 N–H and O–H groups in total. The van der Waals surface area contributed by atoms with Gasteiger partial charge in [0.25, 0.3) is 0 Å². The number of hydrogen-bond donors (Lipinski definition) is 6. The molecule has 1 heterocycles. The second-order valence-electron chi connectivity index (χ2n) is 9.79. The Kier molecular flexibility index (Phi) is 6.50. The van der Waals surface area contributed by atoms with Crippen molar-refractivity contribution in [3.8, 4) is 0 Å². The average molecular weight is 417 g/mol. The Morgan fingerprint density at radius 1 is 1.14 bits per heavy atom. The van der Waals surface area contributed by atoms with Gasteiger partial charge in [-0.25, -0.2) is 0 Å². The van der Waals surface area contributed by atoms with E-state index >= 15 is 0 Å². The summed E-state index contributed by atoms with van der Waals surface area (Å²) in [5.41, 5.74) is -0.667. The Labute approximate surface area is 171 Å². The summed E-state index contributed by atoms with van der Waals surface area (Å²) in [5, 5.41) is 61.6. The molecule has 0 aromatic heterocycles. The molecule has 0 radical (unpaired) electrons. The molecule has 0 bridgehead atoms. The van der Waals surface area contributed by atoms with Gasteiger partial charge in [0, 0.05) is 17.3 Å². The van der Waals surface area contributed by atoms with E-state index in [2.05, 4.69) is 6.58 Å². The molecule has 0 aromatic carbocycles. The van der Waals surface area contributed by atoms with Crippen LogP contribution in [0.1, 0.15) is 46.5 Å². The summed E-state index contributed by atoms with van der Waals surface area (Å²) in [7, 11) is 0. The average Bonchev–Trinajstić information content (AvgIpc) is 2.64. The standard InChI is InChI=1S/C21H36O8/c1-10-5-6-13(23)21(4)8-7-11(20(2,3)27)18(14(10)21)29-19-17(26)16(25)15(24)12(9-22)28-19/h11-19,22-27H,1,5-9H2,2-4H3/t11-,12-,13+,14+,15-,16+,17-,18-,19+,21-/m1/s1. The number of hydrogen-bond acceptors (Lipinski definition) is 8. The highest BCUT2D eigenvalue weighted by atomic mass is 16.7. The first-order valence-corrected chi connectivity index (χ1v) is 10.5. The predicted octanol–water partition coefficient (Wildman–Crippen LogP) is -0.314. The molecule has 3 rings (SSSR count). The van der Waals surface area contributed by atoms with Gasteiger partial charge >= 0.3 is 0 Å². The molecule has 168 valence electrons. The number of fused-ring (bicyclic) bond motifs is 1. The maximum Gasteiger partial charge on any atom is 0.187 e. The van der Waals surface area contributed by atoms with Gasteiger partial charge in [0.15, 0.2) is 6.29 Å². The SMILES string of the molecule is C=C1CC[C@H](O)[C@@]2(C)CC[C@@H](C(C)(C)O)[C@@H](O[C@@H]3O[C@H](CO)[C@@H](O)[C@H](O)[C@H]3O)[C@H]12. The van der Waals surface area contributed by atoms with Crippen LogP contribution in [0.4, 0.5) is 0 Å². The summed E-state index contributed by atoms with van der Waals surface area (Å²) in [6.45, 7) is 9.06. The van der Waals surface area contributed by atoms with Crippen LogP contribution in [-0.4, -0.2) is 85.8 Å². The fourth-order valence-corrected chi connectivity index (χ4v) is 5.54. The van der Waals surface area contributed by atoms with Crippen LogP contribution in [0.15, 0.2) is 12.2 Å². The van der Waals surface area contributed by atoms with Crippen molar-refractivity contribution in [2.75, 3.05) is 6.61 Å². The first-order chi connectivity index (χ1) is 13.4. The van der Waals surface area contributed by atoms with Crippen molar-refractivity contribution in [1.29, 1.82) is 0 Å². The number of rotatable bonds is 4. The highest BCUT2D eigenvalue weighted by Crippen LogP contribution is 2.56. The third kappa shape index (κ3) is 4.02. The lowest BCUT2D eigenvalue weighted by Gasteiger charge is -2.57. The van der Waals surface area contributed by atoms with Crippen LogP contribution in [0.5, 0.6) is 0 Å². The largest absolute Gasteiger partial charge is 0.394 e. The lowest BCUT2D eigenvalue weighted by molar-refractivity contribution is -0.330. The number of ether oxygens (including phenoxy) is 2. The zero-order valence-electron chi connectivity index (χ0n) is 17.4. The van der Waals surface area contributed by atoms with Gasteiger partial charge in [-0.1, -0.05) is 19.1 Å². The molecule has 29 heavy (non-hydrogen) atoms. The first kappa shape index (κ1) is 23.1. The third-order valence-corrected chi connectivity index (χ3v) is 7.42. The van der Waals surface area contributed by atoms with E-state index in [0.717, 1.165) is 5.57 Å². The van der Waals surface area contributed by atoms with E-state index in [1.807, 2.05) is 6.92 Å². The zero-order chi connectivity index (χ0) is 21.7. The molecular weight excluding hydrogens is 380 g/mol. The van der Waals surface area contributed by atoms with Crippen LogP contribution in [0.2, 0.25) is 0 Å². The maximum absolute atomic E-state index is 10.8. The fraction of sp³-hybridized carbons (Fsp3) is 0.905. The highest BCUT2D eigenvalue weighted by molar-refractivity contribution is 5.19. The maximum atomic E-state index is 10.8. The third-order valence-electron chi connectivity index (χ3n) is 7.42. The molecule has 10 atom stereocenters. The van der Waals surface area contributed by atoms with Gasteiger partial charge in [0.2, 0.25) is 0 Å². The second-order valence-corrected chi connectivity index (χ2v) is 9.79. The minimum Gasteiger partial charge on any atom is -0.394 e. The molecule has 2 aliphatic carbocycles. The molecule has 3 fully saturated rings. The van der Waals surface area contributed by atoms with Crippen LogP contribution in [0.25, 0.3) is 0 Å². The van der Waals surface area contributed by atoms with Crippen LogP contribution in [0.3, 0.4) is 0 Å². The normalized spacial score (nSPS) is 49.0. The molecule has 3 aliphatic rings. The van der Waals surface area contributed by atoms with E-state index in [1.165, 1.54) is 0 Å². The molecule has 8 nitrogen and oxygen atoms in total.